The molecule has 136 valence electrons. The summed E-state index contributed by atoms with van der Waals surface area (Å²) in [7, 11) is 0. The molecule has 7 nitrogen and oxygen atoms in total. The van der Waals surface area contributed by atoms with Gasteiger partial charge in [-0.1, -0.05) is 29.8 Å². The number of benzene rings is 2. The van der Waals surface area contributed by atoms with Gasteiger partial charge in [0.05, 0.1) is 23.4 Å². The van der Waals surface area contributed by atoms with Crippen molar-refractivity contribution in [1.82, 2.24) is 9.97 Å². The van der Waals surface area contributed by atoms with E-state index in [1.807, 2.05) is 31.2 Å². The molecule has 27 heavy (non-hydrogen) atoms. The number of rotatable bonds is 5. The first-order valence-corrected chi connectivity index (χ1v) is 8.35. The number of nitro benzene ring substituents is 1. The van der Waals surface area contributed by atoms with E-state index in [4.69, 9.17) is 4.74 Å². The van der Waals surface area contributed by atoms with Crippen molar-refractivity contribution in [2.24, 2.45) is 0 Å². The molecule has 2 aromatic carbocycles. The molecule has 0 aliphatic carbocycles. The summed E-state index contributed by atoms with van der Waals surface area (Å²) in [5.74, 6) is -0.589. The predicted octanol–water partition coefficient (Wildman–Crippen LogP) is 4.20. The number of nitrogens with zero attached hydrogens (tertiary/aromatic N) is 3. The van der Waals surface area contributed by atoms with Gasteiger partial charge in [0.25, 0.3) is 5.69 Å². The van der Waals surface area contributed by atoms with Gasteiger partial charge < -0.3 is 4.74 Å². The molecular weight excluding hydrogens is 346 g/mol. The maximum Gasteiger partial charge on any atom is 0.359 e. The second-order valence-electron chi connectivity index (χ2n) is 5.84. The molecule has 0 unspecified atom stereocenters. The Morgan fingerprint density at radius 1 is 1.07 bits per heavy atom. The monoisotopic (exact) mass is 363 g/mol. The molecule has 1 heterocycles. The highest BCUT2D eigenvalue weighted by molar-refractivity contribution is 5.94. The molecule has 0 spiro atoms. The van der Waals surface area contributed by atoms with Crippen LogP contribution in [0.2, 0.25) is 0 Å². The normalized spacial score (nSPS) is 10.4. The third-order valence-electron chi connectivity index (χ3n) is 3.94. The Hall–Kier alpha value is -3.61. The van der Waals surface area contributed by atoms with Crippen LogP contribution in [0.4, 0.5) is 5.69 Å². The van der Waals surface area contributed by atoms with Gasteiger partial charge >= 0.3 is 5.97 Å². The molecule has 0 aliphatic rings. The highest BCUT2D eigenvalue weighted by atomic mass is 16.6. The van der Waals surface area contributed by atoms with Gasteiger partial charge in [-0.2, -0.15) is 0 Å². The highest BCUT2D eigenvalue weighted by Crippen LogP contribution is 2.27. The van der Waals surface area contributed by atoms with Crippen LogP contribution in [-0.4, -0.2) is 27.5 Å². The summed E-state index contributed by atoms with van der Waals surface area (Å²) < 4.78 is 5.06. The maximum absolute atomic E-state index is 12.3. The van der Waals surface area contributed by atoms with Crippen molar-refractivity contribution in [3.63, 3.8) is 0 Å². The first-order valence-electron chi connectivity index (χ1n) is 8.35. The van der Waals surface area contributed by atoms with Crippen molar-refractivity contribution in [3.8, 4) is 22.5 Å². The molecule has 7 heteroatoms. The molecule has 0 radical (unpaired) electrons. The minimum Gasteiger partial charge on any atom is -0.461 e. The van der Waals surface area contributed by atoms with Gasteiger partial charge in [-0.15, -0.1) is 0 Å². The largest absolute Gasteiger partial charge is 0.461 e. The van der Waals surface area contributed by atoms with Crippen molar-refractivity contribution in [2.45, 2.75) is 13.8 Å². The average molecular weight is 363 g/mol. The van der Waals surface area contributed by atoms with E-state index in [1.54, 1.807) is 19.1 Å². The van der Waals surface area contributed by atoms with Crippen molar-refractivity contribution in [2.75, 3.05) is 6.61 Å². The molecule has 0 fully saturated rings. The molecule has 3 aromatic rings. The van der Waals surface area contributed by atoms with Crippen molar-refractivity contribution in [1.29, 1.82) is 0 Å². The van der Waals surface area contributed by atoms with E-state index >= 15 is 0 Å². The number of esters is 1. The molecule has 0 aliphatic heterocycles. The minimum absolute atomic E-state index is 0.0425. The Morgan fingerprint density at radius 2 is 1.70 bits per heavy atom. The van der Waals surface area contributed by atoms with Crippen molar-refractivity contribution in [3.05, 3.63) is 76.1 Å². The summed E-state index contributed by atoms with van der Waals surface area (Å²) >= 11 is 0. The zero-order chi connectivity index (χ0) is 19.4. The van der Waals surface area contributed by atoms with E-state index in [0.29, 0.717) is 17.0 Å². The van der Waals surface area contributed by atoms with Crippen LogP contribution in [0.1, 0.15) is 23.0 Å². The fraction of sp³-hybridized carbons (Fsp3) is 0.150. The zero-order valence-electron chi connectivity index (χ0n) is 14.9. The minimum atomic E-state index is -0.589. The molecule has 1 aromatic heterocycles. The molecule has 3 rings (SSSR count). The molecule has 0 N–H and O–H groups in total. The quantitative estimate of drug-likeness (QED) is 0.383. The summed E-state index contributed by atoms with van der Waals surface area (Å²) in [6, 6.07) is 13.6. The van der Waals surface area contributed by atoms with Crippen LogP contribution < -0.4 is 0 Å². The second kappa shape index (κ2) is 7.74. The molecule has 0 bridgehead atoms. The van der Waals surface area contributed by atoms with Crippen molar-refractivity contribution >= 4 is 11.7 Å². The van der Waals surface area contributed by atoms with Crippen LogP contribution in [0.5, 0.6) is 0 Å². The van der Waals surface area contributed by atoms with E-state index in [9.17, 15) is 14.9 Å². The van der Waals surface area contributed by atoms with Gasteiger partial charge in [0.1, 0.15) is 5.69 Å². The van der Waals surface area contributed by atoms with Gasteiger partial charge in [-0.05, 0) is 26.0 Å². The van der Waals surface area contributed by atoms with E-state index in [1.165, 1.54) is 18.3 Å². The first-order chi connectivity index (χ1) is 13.0. The van der Waals surface area contributed by atoms with Crippen LogP contribution in [-0.2, 0) is 4.74 Å². The number of hydrogen-bond donors (Lipinski definition) is 0. The van der Waals surface area contributed by atoms with Gasteiger partial charge in [0, 0.05) is 23.3 Å². The third-order valence-corrected chi connectivity index (χ3v) is 3.94. The second-order valence-corrected chi connectivity index (χ2v) is 5.84. The number of nitro groups is 1. The van der Waals surface area contributed by atoms with Crippen molar-refractivity contribution < 1.29 is 14.5 Å². The fourth-order valence-corrected chi connectivity index (χ4v) is 2.54. The number of carbonyl (C=O) groups is 1. The lowest BCUT2D eigenvalue weighted by molar-refractivity contribution is -0.384. The Labute approximate surface area is 155 Å². The molecule has 0 saturated heterocycles. The van der Waals surface area contributed by atoms with Crippen LogP contribution >= 0.6 is 0 Å². The van der Waals surface area contributed by atoms with Crippen LogP contribution in [0.15, 0.2) is 54.7 Å². The average Bonchev–Trinajstić information content (AvgIpc) is 2.68. The number of non-ortho nitro benzene ring substituents is 1. The number of aryl methyl sites for hydroxylation is 1. The Morgan fingerprint density at radius 3 is 2.30 bits per heavy atom. The zero-order valence-corrected chi connectivity index (χ0v) is 14.9. The lowest BCUT2D eigenvalue weighted by Gasteiger charge is -2.10. The van der Waals surface area contributed by atoms with Crippen LogP contribution in [0.25, 0.3) is 22.5 Å². The molecule has 0 amide bonds. The topological polar surface area (TPSA) is 95.2 Å². The van der Waals surface area contributed by atoms with Crippen LogP contribution in [0, 0.1) is 17.0 Å². The first kappa shape index (κ1) is 18.2. The summed E-state index contributed by atoms with van der Waals surface area (Å²) in [5.41, 5.74) is 3.46. The maximum atomic E-state index is 12.3. The number of ether oxygens (including phenoxy) is 1. The summed E-state index contributed by atoms with van der Waals surface area (Å²) in [5, 5.41) is 10.9. The van der Waals surface area contributed by atoms with E-state index < -0.39 is 10.9 Å². The summed E-state index contributed by atoms with van der Waals surface area (Å²) in [6.07, 6.45) is 1.52. The van der Waals surface area contributed by atoms with E-state index in [2.05, 4.69) is 9.97 Å². The number of aromatic nitrogens is 2. The van der Waals surface area contributed by atoms with E-state index in [0.717, 1.165) is 11.1 Å². The van der Waals surface area contributed by atoms with Gasteiger partial charge in [-0.3, -0.25) is 10.1 Å². The Kier molecular flexibility index (Phi) is 5.21. The van der Waals surface area contributed by atoms with Gasteiger partial charge in [0.2, 0.25) is 0 Å². The predicted molar refractivity (Wildman–Crippen MR) is 100 cm³/mol. The van der Waals surface area contributed by atoms with Crippen LogP contribution in [0.3, 0.4) is 0 Å². The summed E-state index contributed by atoms with van der Waals surface area (Å²) in [4.78, 5) is 31.5. The Balaban J connectivity index is 2.11. The van der Waals surface area contributed by atoms with E-state index in [-0.39, 0.29) is 18.0 Å². The van der Waals surface area contributed by atoms with Gasteiger partial charge in [-0.25, -0.2) is 14.8 Å². The Bertz CT molecular complexity index is 983. The third kappa shape index (κ3) is 3.98. The molecule has 0 saturated carbocycles. The standard InChI is InChI=1S/C20H17N3O4/c1-3-27-20(24)19-18(15-8-10-16(11-9-15)23(25)26)22-17(12-21-19)14-6-4-13(2)5-7-14/h4-12H,3H2,1-2H3. The molecule has 0 atom stereocenters. The molecular formula is C20H17N3O4. The SMILES string of the molecule is CCOC(=O)c1ncc(-c2ccc(C)cc2)nc1-c1ccc([N+](=O)[O-])cc1. The lowest BCUT2D eigenvalue weighted by atomic mass is 10.1. The smallest absolute Gasteiger partial charge is 0.359 e. The number of hydrogen-bond acceptors (Lipinski definition) is 6. The highest BCUT2D eigenvalue weighted by Gasteiger charge is 2.19. The number of carbonyl (C=O) groups excluding carboxylic acids is 1. The summed E-state index contributed by atoms with van der Waals surface area (Å²) in [6.45, 7) is 3.90. The fourth-order valence-electron chi connectivity index (χ4n) is 2.54. The van der Waals surface area contributed by atoms with Gasteiger partial charge in [0.15, 0.2) is 5.69 Å². The lowest BCUT2D eigenvalue weighted by Crippen LogP contribution is -2.10.